The summed E-state index contributed by atoms with van der Waals surface area (Å²) in [4.78, 5) is 13.9. The van der Waals surface area contributed by atoms with E-state index in [1.54, 1.807) is 0 Å². The lowest BCUT2D eigenvalue weighted by atomic mass is 10.0. The molecular formula is C18H27N5O. The van der Waals surface area contributed by atoms with Gasteiger partial charge in [0.25, 0.3) is 0 Å². The van der Waals surface area contributed by atoms with E-state index in [0.717, 1.165) is 50.5 Å². The van der Waals surface area contributed by atoms with Gasteiger partial charge in [-0.3, -0.25) is 0 Å². The summed E-state index contributed by atoms with van der Waals surface area (Å²) < 4.78 is 5.39. The van der Waals surface area contributed by atoms with Crippen LogP contribution in [0.2, 0.25) is 0 Å². The van der Waals surface area contributed by atoms with Crippen LogP contribution in [0.1, 0.15) is 32.6 Å². The van der Waals surface area contributed by atoms with E-state index >= 15 is 0 Å². The maximum absolute atomic E-state index is 5.39. The van der Waals surface area contributed by atoms with Crippen molar-refractivity contribution in [1.29, 1.82) is 0 Å². The van der Waals surface area contributed by atoms with Crippen LogP contribution in [0.3, 0.4) is 0 Å². The molecule has 3 heterocycles. The van der Waals surface area contributed by atoms with E-state index in [0.29, 0.717) is 17.6 Å². The lowest BCUT2D eigenvalue weighted by molar-refractivity contribution is 0.312. The van der Waals surface area contributed by atoms with Gasteiger partial charge in [-0.25, -0.2) is 4.98 Å². The molecule has 0 amide bonds. The van der Waals surface area contributed by atoms with Gasteiger partial charge in [0.1, 0.15) is 11.5 Å². The van der Waals surface area contributed by atoms with Crippen molar-refractivity contribution in [3.8, 4) is 11.5 Å². The molecule has 24 heavy (non-hydrogen) atoms. The zero-order chi connectivity index (χ0) is 16.9. The molecule has 1 atom stereocenters. The smallest absolute Gasteiger partial charge is 0.227 e. The van der Waals surface area contributed by atoms with Crippen LogP contribution in [0.5, 0.6) is 0 Å². The number of piperazine rings is 1. The Morgan fingerprint density at radius 2 is 1.96 bits per heavy atom. The van der Waals surface area contributed by atoms with Crippen molar-refractivity contribution in [3.63, 3.8) is 0 Å². The van der Waals surface area contributed by atoms with Crippen LogP contribution in [-0.4, -0.2) is 53.3 Å². The third kappa shape index (κ3) is 4.12. The van der Waals surface area contributed by atoms with Gasteiger partial charge in [-0.1, -0.05) is 31.5 Å². The fraction of sp³-hybridized carbons (Fsp3) is 0.611. The highest BCUT2D eigenvalue weighted by Crippen LogP contribution is 2.20. The van der Waals surface area contributed by atoms with Gasteiger partial charge in [-0.2, -0.15) is 4.98 Å². The molecule has 0 aliphatic carbocycles. The number of hydrogen-bond acceptors (Lipinski definition) is 6. The van der Waals surface area contributed by atoms with E-state index in [1.807, 2.05) is 12.1 Å². The molecular weight excluding hydrogens is 302 g/mol. The summed E-state index contributed by atoms with van der Waals surface area (Å²) in [5.74, 6) is 2.97. The lowest BCUT2D eigenvalue weighted by Crippen LogP contribution is -2.44. The minimum absolute atomic E-state index is 0.588. The van der Waals surface area contributed by atoms with Crippen molar-refractivity contribution in [2.24, 2.45) is 5.92 Å². The summed E-state index contributed by atoms with van der Waals surface area (Å²) in [5.41, 5.74) is 0.782. The first-order chi connectivity index (χ1) is 11.7. The molecule has 0 N–H and O–H groups in total. The second-order valence-electron chi connectivity index (χ2n) is 6.74. The van der Waals surface area contributed by atoms with Gasteiger partial charge in [0.15, 0.2) is 0 Å². The average Bonchev–Trinajstić information content (AvgIpc) is 3.09. The Kier molecular flexibility index (Phi) is 5.45. The monoisotopic (exact) mass is 329 g/mol. The van der Waals surface area contributed by atoms with Crippen molar-refractivity contribution in [3.05, 3.63) is 24.1 Å². The molecule has 6 heteroatoms. The van der Waals surface area contributed by atoms with E-state index in [9.17, 15) is 0 Å². The van der Waals surface area contributed by atoms with Crippen molar-refractivity contribution in [2.45, 2.75) is 33.1 Å². The number of rotatable bonds is 6. The van der Waals surface area contributed by atoms with E-state index in [2.05, 4.69) is 46.9 Å². The zero-order valence-electron chi connectivity index (χ0n) is 14.9. The Morgan fingerprint density at radius 1 is 1.17 bits per heavy atom. The second kappa shape index (κ2) is 7.75. The molecule has 2 aromatic heterocycles. The molecule has 0 bridgehead atoms. The Hall–Kier alpha value is -1.95. The van der Waals surface area contributed by atoms with Crippen LogP contribution in [0.15, 0.2) is 22.7 Å². The summed E-state index contributed by atoms with van der Waals surface area (Å²) in [7, 11) is 2.15. The van der Waals surface area contributed by atoms with Gasteiger partial charge in [0.2, 0.25) is 11.7 Å². The molecule has 1 aliphatic rings. The third-order valence-corrected chi connectivity index (χ3v) is 4.81. The summed E-state index contributed by atoms with van der Waals surface area (Å²) in [5, 5.41) is 4.11. The molecule has 0 radical (unpaired) electrons. The number of pyridine rings is 1. The number of aromatic nitrogens is 3. The van der Waals surface area contributed by atoms with Gasteiger partial charge in [-0.05, 0) is 31.5 Å². The largest absolute Gasteiger partial charge is 0.354 e. The van der Waals surface area contributed by atoms with Gasteiger partial charge in [0, 0.05) is 32.6 Å². The molecule has 1 unspecified atom stereocenters. The highest BCUT2D eigenvalue weighted by molar-refractivity contribution is 5.53. The Labute approximate surface area is 143 Å². The first kappa shape index (κ1) is 16.9. The Bertz CT molecular complexity index is 648. The number of anilines is 1. The number of likely N-dealkylation sites (N-methyl/N-ethyl adjacent to an activating group) is 1. The van der Waals surface area contributed by atoms with Crippen LogP contribution in [0.4, 0.5) is 5.82 Å². The predicted molar refractivity (Wildman–Crippen MR) is 95.0 cm³/mol. The standard InChI is InChI=1S/C18H27N5O/c1-4-14(2)8-9-17-20-18(21-24-17)15-6-5-7-16(19-15)23-12-10-22(3)11-13-23/h5-7,14H,4,8-13H2,1-3H3. The summed E-state index contributed by atoms with van der Waals surface area (Å²) in [6.45, 7) is 8.58. The highest BCUT2D eigenvalue weighted by Gasteiger charge is 2.17. The van der Waals surface area contributed by atoms with Crippen molar-refractivity contribution in [1.82, 2.24) is 20.0 Å². The molecule has 130 valence electrons. The summed E-state index contributed by atoms with van der Waals surface area (Å²) >= 11 is 0. The number of hydrogen-bond donors (Lipinski definition) is 0. The fourth-order valence-corrected chi connectivity index (χ4v) is 2.79. The Balaban J connectivity index is 1.69. The van der Waals surface area contributed by atoms with Gasteiger partial charge < -0.3 is 14.3 Å². The van der Waals surface area contributed by atoms with Crippen LogP contribution in [-0.2, 0) is 6.42 Å². The topological polar surface area (TPSA) is 58.3 Å². The van der Waals surface area contributed by atoms with Crippen molar-refractivity contribution in [2.75, 3.05) is 38.1 Å². The van der Waals surface area contributed by atoms with E-state index in [1.165, 1.54) is 6.42 Å². The second-order valence-corrected chi connectivity index (χ2v) is 6.74. The van der Waals surface area contributed by atoms with Crippen LogP contribution >= 0.6 is 0 Å². The average molecular weight is 329 g/mol. The summed E-state index contributed by atoms with van der Waals surface area (Å²) in [6.07, 6.45) is 3.09. The molecule has 2 aromatic rings. The fourth-order valence-electron chi connectivity index (χ4n) is 2.79. The van der Waals surface area contributed by atoms with Gasteiger partial charge >= 0.3 is 0 Å². The quantitative estimate of drug-likeness (QED) is 0.812. The normalized spacial score (nSPS) is 17.2. The first-order valence-electron chi connectivity index (χ1n) is 8.89. The van der Waals surface area contributed by atoms with Crippen LogP contribution < -0.4 is 4.90 Å². The lowest BCUT2D eigenvalue weighted by Gasteiger charge is -2.33. The Morgan fingerprint density at radius 3 is 2.71 bits per heavy atom. The van der Waals surface area contributed by atoms with Crippen LogP contribution in [0.25, 0.3) is 11.5 Å². The predicted octanol–water partition coefficient (Wildman–Crippen LogP) is 2.86. The minimum atomic E-state index is 0.588. The maximum Gasteiger partial charge on any atom is 0.227 e. The van der Waals surface area contributed by atoms with Gasteiger partial charge in [0.05, 0.1) is 0 Å². The molecule has 1 fully saturated rings. The molecule has 0 spiro atoms. The van der Waals surface area contributed by atoms with E-state index < -0.39 is 0 Å². The number of nitrogens with zero attached hydrogens (tertiary/aromatic N) is 5. The molecule has 3 rings (SSSR count). The molecule has 1 saturated heterocycles. The SMILES string of the molecule is CCC(C)CCc1nc(-c2cccc(N3CCN(C)CC3)n2)no1. The molecule has 1 aliphatic heterocycles. The molecule has 6 nitrogen and oxygen atoms in total. The van der Waals surface area contributed by atoms with Gasteiger partial charge in [-0.15, -0.1) is 0 Å². The molecule has 0 aromatic carbocycles. The first-order valence-corrected chi connectivity index (χ1v) is 8.89. The molecule has 0 saturated carbocycles. The maximum atomic E-state index is 5.39. The summed E-state index contributed by atoms with van der Waals surface area (Å²) in [6, 6.07) is 6.02. The van der Waals surface area contributed by atoms with Crippen LogP contribution in [0, 0.1) is 5.92 Å². The zero-order valence-corrected chi connectivity index (χ0v) is 14.9. The van der Waals surface area contributed by atoms with Crippen molar-refractivity contribution < 1.29 is 4.52 Å². The minimum Gasteiger partial charge on any atom is -0.354 e. The van der Waals surface area contributed by atoms with Crippen molar-refractivity contribution >= 4 is 5.82 Å². The van der Waals surface area contributed by atoms with E-state index in [4.69, 9.17) is 9.51 Å². The number of aryl methyl sites for hydroxylation is 1. The third-order valence-electron chi connectivity index (χ3n) is 4.81. The van der Waals surface area contributed by atoms with E-state index in [-0.39, 0.29) is 0 Å². The highest BCUT2D eigenvalue weighted by atomic mass is 16.5.